The third-order valence-electron chi connectivity index (χ3n) is 4.11. The summed E-state index contributed by atoms with van der Waals surface area (Å²) < 4.78 is 5.48. The van der Waals surface area contributed by atoms with Crippen LogP contribution >= 0.6 is 0 Å². The van der Waals surface area contributed by atoms with E-state index in [2.05, 4.69) is 29.6 Å². The second-order valence-electron chi connectivity index (χ2n) is 5.32. The van der Waals surface area contributed by atoms with Gasteiger partial charge in [-0.15, -0.1) is 0 Å². The number of rotatable bonds is 3. The molecule has 0 radical (unpaired) electrons. The molecule has 1 aromatic rings. The van der Waals surface area contributed by atoms with Crippen LogP contribution in [0, 0.1) is 0 Å². The van der Waals surface area contributed by atoms with Gasteiger partial charge in [0.25, 0.3) is 0 Å². The van der Waals surface area contributed by atoms with E-state index in [0.29, 0.717) is 18.3 Å². The third kappa shape index (κ3) is 2.37. The zero-order valence-corrected chi connectivity index (χ0v) is 11.2. The third-order valence-corrected chi connectivity index (χ3v) is 4.11. The Labute approximate surface area is 113 Å². The minimum atomic E-state index is 0.156. The van der Waals surface area contributed by atoms with Crippen molar-refractivity contribution in [1.29, 1.82) is 0 Å². The molecule has 1 amide bonds. The number of ether oxygens (including phenoxy) is 1. The Morgan fingerprint density at radius 2 is 2.26 bits per heavy atom. The topological polar surface area (TPSA) is 38.3 Å². The van der Waals surface area contributed by atoms with Crippen LogP contribution in [0.4, 0.5) is 0 Å². The van der Waals surface area contributed by atoms with E-state index >= 15 is 0 Å². The average molecular weight is 257 g/mol. The molecular weight excluding hydrogens is 238 g/mol. The van der Waals surface area contributed by atoms with Crippen molar-refractivity contribution in [2.45, 2.75) is 31.1 Å². The molecule has 0 aromatic heterocycles. The van der Waals surface area contributed by atoms with Gasteiger partial charge in [-0.3, -0.25) is 4.79 Å². The fourth-order valence-corrected chi connectivity index (χ4v) is 3.03. The Kier molecular flexibility index (Phi) is 3.28. The van der Waals surface area contributed by atoms with Crippen LogP contribution in [0.3, 0.4) is 0 Å². The lowest BCUT2D eigenvalue weighted by molar-refractivity contribution is -0.119. The maximum atomic E-state index is 11.3. The molecule has 3 rings (SSSR count). The van der Waals surface area contributed by atoms with E-state index in [1.807, 2.05) is 6.07 Å². The molecule has 3 nitrogen and oxygen atoms in total. The van der Waals surface area contributed by atoms with E-state index in [4.69, 9.17) is 4.74 Å². The zero-order valence-electron chi connectivity index (χ0n) is 11.2. The average Bonchev–Trinajstić information content (AvgIpc) is 3.09. The highest BCUT2D eigenvalue weighted by molar-refractivity contribution is 5.79. The van der Waals surface area contributed by atoms with Crippen molar-refractivity contribution in [2.75, 3.05) is 13.7 Å². The number of allylic oxidation sites excluding steroid dienone is 2. The van der Waals surface area contributed by atoms with Crippen LogP contribution in [0.2, 0.25) is 0 Å². The molecule has 2 atom stereocenters. The van der Waals surface area contributed by atoms with Gasteiger partial charge in [0.15, 0.2) is 0 Å². The molecule has 0 bridgehead atoms. The summed E-state index contributed by atoms with van der Waals surface area (Å²) in [5, 5.41) is 2.90. The molecule has 1 saturated heterocycles. The van der Waals surface area contributed by atoms with Crippen molar-refractivity contribution >= 4 is 5.91 Å². The molecule has 2 unspecified atom stereocenters. The van der Waals surface area contributed by atoms with E-state index in [9.17, 15) is 4.79 Å². The predicted molar refractivity (Wildman–Crippen MR) is 74.5 cm³/mol. The minimum Gasteiger partial charge on any atom is -0.496 e. The summed E-state index contributed by atoms with van der Waals surface area (Å²) in [5.74, 6) is 1.88. The number of benzene rings is 1. The molecule has 1 aliphatic heterocycles. The van der Waals surface area contributed by atoms with Gasteiger partial charge in [-0.25, -0.2) is 0 Å². The second-order valence-corrected chi connectivity index (χ2v) is 5.32. The van der Waals surface area contributed by atoms with Crippen LogP contribution in [0.1, 0.15) is 42.2 Å². The first-order valence-electron chi connectivity index (χ1n) is 6.89. The second kappa shape index (κ2) is 5.08. The molecular formula is C16H19NO2. The molecule has 19 heavy (non-hydrogen) atoms. The van der Waals surface area contributed by atoms with Crippen LogP contribution in [-0.2, 0) is 4.79 Å². The molecule has 1 aromatic carbocycles. The van der Waals surface area contributed by atoms with E-state index in [0.717, 1.165) is 25.1 Å². The normalized spacial score (nSPS) is 25.6. The van der Waals surface area contributed by atoms with Crippen molar-refractivity contribution in [3.8, 4) is 5.75 Å². The van der Waals surface area contributed by atoms with Crippen LogP contribution < -0.4 is 10.1 Å². The van der Waals surface area contributed by atoms with E-state index in [-0.39, 0.29) is 5.91 Å². The molecule has 1 N–H and O–H groups in total. The smallest absolute Gasteiger partial charge is 0.220 e. The maximum absolute atomic E-state index is 11.3. The lowest BCUT2D eigenvalue weighted by Gasteiger charge is -2.17. The number of nitrogens with one attached hydrogen (secondary N) is 1. The SMILES string of the molecule is COc1ccc(C2CNC(=O)C2)cc1C1C=CCC1. The number of carbonyl (C=O) groups is 1. The molecule has 0 spiro atoms. The van der Waals surface area contributed by atoms with Gasteiger partial charge in [0.1, 0.15) is 5.75 Å². The quantitative estimate of drug-likeness (QED) is 0.846. The van der Waals surface area contributed by atoms with Gasteiger partial charge in [0.05, 0.1) is 7.11 Å². The van der Waals surface area contributed by atoms with Crippen LogP contribution in [0.15, 0.2) is 30.4 Å². The summed E-state index contributed by atoms with van der Waals surface area (Å²) in [5.41, 5.74) is 2.50. The van der Waals surface area contributed by atoms with E-state index < -0.39 is 0 Å². The Bertz CT molecular complexity index is 521. The van der Waals surface area contributed by atoms with Gasteiger partial charge in [-0.1, -0.05) is 24.3 Å². The summed E-state index contributed by atoms with van der Waals surface area (Å²) in [7, 11) is 1.72. The van der Waals surface area contributed by atoms with Gasteiger partial charge >= 0.3 is 0 Å². The first-order valence-corrected chi connectivity index (χ1v) is 6.89. The molecule has 100 valence electrons. The molecule has 2 aliphatic rings. The minimum absolute atomic E-state index is 0.156. The van der Waals surface area contributed by atoms with Gasteiger partial charge in [-0.2, -0.15) is 0 Å². The van der Waals surface area contributed by atoms with Gasteiger partial charge < -0.3 is 10.1 Å². The first kappa shape index (κ1) is 12.3. The molecule has 0 saturated carbocycles. The molecule has 1 heterocycles. The summed E-state index contributed by atoms with van der Waals surface area (Å²) in [4.78, 5) is 11.3. The van der Waals surface area contributed by atoms with Crippen LogP contribution in [0.5, 0.6) is 5.75 Å². The lowest BCUT2D eigenvalue weighted by Crippen LogP contribution is -2.13. The van der Waals surface area contributed by atoms with Crippen molar-refractivity contribution in [2.24, 2.45) is 0 Å². The number of hydrogen-bond donors (Lipinski definition) is 1. The zero-order chi connectivity index (χ0) is 13.2. The van der Waals surface area contributed by atoms with E-state index in [1.54, 1.807) is 7.11 Å². The summed E-state index contributed by atoms with van der Waals surface area (Å²) in [6, 6.07) is 6.36. The highest BCUT2D eigenvalue weighted by atomic mass is 16.5. The van der Waals surface area contributed by atoms with Crippen molar-refractivity contribution < 1.29 is 9.53 Å². The van der Waals surface area contributed by atoms with Crippen molar-refractivity contribution in [1.82, 2.24) is 5.32 Å². The summed E-state index contributed by atoms with van der Waals surface area (Å²) in [6.45, 7) is 0.755. The molecule has 3 heteroatoms. The monoisotopic (exact) mass is 257 g/mol. The highest BCUT2D eigenvalue weighted by Crippen LogP contribution is 2.37. The lowest BCUT2D eigenvalue weighted by atomic mass is 9.91. The highest BCUT2D eigenvalue weighted by Gasteiger charge is 2.25. The summed E-state index contributed by atoms with van der Waals surface area (Å²) in [6.07, 6.45) is 7.40. The van der Waals surface area contributed by atoms with Crippen LogP contribution in [0.25, 0.3) is 0 Å². The molecule has 1 fully saturated rings. The van der Waals surface area contributed by atoms with Gasteiger partial charge in [0, 0.05) is 30.4 Å². The molecule has 1 aliphatic carbocycles. The fourth-order valence-electron chi connectivity index (χ4n) is 3.03. The van der Waals surface area contributed by atoms with Crippen LogP contribution in [-0.4, -0.2) is 19.6 Å². The standard InChI is InChI=1S/C16H19NO2/c1-19-15-7-6-12(13-9-16(18)17-10-13)8-14(15)11-4-2-3-5-11/h2,4,6-8,11,13H,3,5,9-10H2,1H3,(H,17,18). The number of methoxy groups -OCH3 is 1. The van der Waals surface area contributed by atoms with Crippen molar-refractivity contribution in [3.63, 3.8) is 0 Å². The Morgan fingerprint density at radius 3 is 2.89 bits per heavy atom. The number of carbonyl (C=O) groups excluding carboxylic acids is 1. The predicted octanol–water partition coefficient (Wildman–Crippen LogP) is 2.73. The first-order chi connectivity index (χ1) is 9.28. The summed E-state index contributed by atoms with van der Waals surface area (Å²) >= 11 is 0. The Hall–Kier alpha value is -1.77. The van der Waals surface area contributed by atoms with Gasteiger partial charge in [0.2, 0.25) is 5.91 Å². The Morgan fingerprint density at radius 1 is 1.37 bits per heavy atom. The number of amides is 1. The van der Waals surface area contributed by atoms with E-state index in [1.165, 1.54) is 11.1 Å². The maximum Gasteiger partial charge on any atom is 0.220 e. The number of hydrogen-bond acceptors (Lipinski definition) is 2. The van der Waals surface area contributed by atoms with Gasteiger partial charge in [-0.05, 0) is 24.5 Å². The van der Waals surface area contributed by atoms with Crippen molar-refractivity contribution in [3.05, 3.63) is 41.5 Å². The largest absolute Gasteiger partial charge is 0.496 e. The Balaban J connectivity index is 1.92. The fraction of sp³-hybridized carbons (Fsp3) is 0.438.